The Kier molecular flexibility index (Phi) is 3.37. The number of nitrogens with zero attached hydrogens (tertiary/aromatic N) is 1. The molecule has 4 rings (SSSR count). The van der Waals surface area contributed by atoms with Gasteiger partial charge in [-0.2, -0.15) is 0 Å². The molecule has 0 unspecified atom stereocenters. The number of rotatable bonds is 2. The fourth-order valence-electron chi connectivity index (χ4n) is 2.68. The molecule has 0 aliphatic rings. The van der Waals surface area contributed by atoms with Gasteiger partial charge in [0.15, 0.2) is 0 Å². The zero-order valence-corrected chi connectivity index (χ0v) is 14.8. The van der Waals surface area contributed by atoms with Crippen molar-refractivity contribution >= 4 is 60.2 Å². The molecule has 0 spiro atoms. The van der Waals surface area contributed by atoms with Crippen LogP contribution in [0.4, 0.5) is 0 Å². The van der Waals surface area contributed by atoms with E-state index in [9.17, 15) is 9.59 Å². The fourth-order valence-corrected chi connectivity index (χ4v) is 5.65. The van der Waals surface area contributed by atoms with Crippen LogP contribution >= 0.6 is 34.0 Å². The minimum Gasteiger partial charge on any atom is -0.354 e. The molecule has 0 aliphatic carbocycles. The molecule has 4 aromatic rings. The predicted octanol–water partition coefficient (Wildman–Crippen LogP) is 3.90. The summed E-state index contributed by atoms with van der Waals surface area (Å²) in [6.45, 7) is 0. The molecule has 7 heteroatoms. The topological polar surface area (TPSA) is 51.1 Å². The van der Waals surface area contributed by atoms with Gasteiger partial charge in [0, 0.05) is 35.3 Å². The normalized spacial score (nSPS) is 11.4. The Morgan fingerprint density at radius 1 is 1.17 bits per heavy atom. The minimum absolute atomic E-state index is 0.0349. The molecule has 0 aromatic carbocycles. The molecule has 0 saturated carbocycles. The molecule has 0 aliphatic heterocycles. The lowest BCUT2D eigenvalue weighted by Gasteiger charge is -2.00. The predicted molar refractivity (Wildman–Crippen MR) is 99.2 cm³/mol. The van der Waals surface area contributed by atoms with E-state index in [2.05, 4.69) is 11.4 Å². The number of pyridine rings is 1. The largest absolute Gasteiger partial charge is 0.354 e. The van der Waals surface area contributed by atoms with E-state index < -0.39 is 0 Å². The fraction of sp³-hybridized carbons (Fsp3) is 0.125. The lowest BCUT2D eigenvalue weighted by molar-refractivity contribution is 0.0967. The van der Waals surface area contributed by atoms with Crippen LogP contribution in [0.3, 0.4) is 0 Å². The van der Waals surface area contributed by atoms with Gasteiger partial charge in [-0.05, 0) is 29.0 Å². The SMILES string of the molecule is CNC(=O)c1sccc1-c1cc2c3ccsc3c(=O)n(C)c2s1. The number of fused-ring (bicyclic) bond motifs is 3. The Labute approximate surface area is 143 Å². The van der Waals surface area contributed by atoms with Crippen LogP contribution in [-0.4, -0.2) is 17.5 Å². The van der Waals surface area contributed by atoms with Crippen molar-refractivity contribution in [1.82, 2.24) is 9.88 Å². The van der Waals surface area contributed by atoms with Gasteiger partial charge in [0.25, 0.3) is 11.5 Å². The second kappa shape index (κ2) is 5.30. The Bertz CT molecular complexity index is 1110. The summed E-state index contributed by atoms with van der Waals surface area (Å²) in [7, 11) is 3.44. The summed E-state index contributed by atoms with van der Waals surface area (Å²) in [6.07, 6.45) is 0. The van der Waals surface area contributed by atoms with Crippen molar-refractivity contribution in [3.8, 4) is 10.4 Å². The van der Waals surface area contributed by atoms with E-state index >= 15 is 0 Å². The van der Waals surface area contributed by atoms with E-state index in [4.69, 9.17) is 0 Å². The number of aromatic nitrogens is 1. The molecule has 1 amide bonds. The Hall–Kier alpha value is -1.96. The van der Waals surface area contributed by atoms with Crippen molar-refractivity contribution in [1.29, 1.82) is 0 Å². The molecule has 116 valence electrons. The molecule has 23 heavy (non-hydrogen) atoms. The van der Waals surface area contributed by atoms with E-state index in [0.29, 0.717) is 4.88 Å². The molecular weight excluding hydrogens is 348 g/mol. The number of amides is 1. The second-order valence-corrected chi connectivity index (χ2v) is 7.96. The van der Waals surface area contributed by atoms with Gasteiger partial charge in [-0.1, -0.05) is 0 Å². The summed E-state index contributed by atoms with van der Waals surface area (Å²) in [5.74, 6) is -0.0815. The summed E-state index contributed by atoms with van der Waals surface area (Å²) in [4.78, 5) is 27.1. The van der Waals surface area contributed by atoms with E-state index in [1.54, 1.807) is 30.0 Å². The first-order valence-electron chi connectivity index (χ1n) is 6.91. The van der Waals surface area contributed by atoms with E-state index in [0.717, 1.165) is 30.7 Å². The molecule has 0 bridgehead atoms. The third-order valence-electron chi connectivity index (χ3n) is 3.84. The second-order valence-electron chi connectivity index (χ2n) is 5.10. The molecule has 1 N–H and O–H groups in total. The highest BCUT2D eigenvalue weighted by atomic mass is 32.1. The van der Waals surface area contributed by atoms with Crippen LogP contribution in [0, 0.1) is 0 Å². The first-order chi connectivity index (χ1) is 11.1. The maximum Gasteiger partial charge on any atom is 0.269 e. The standard InChI is InChI=1S/C16H12N2O2S3/c1-17-14(19)12-9(4-6-21-12)11-7-10-8-3-5-22-13(8)15(20)18(2)16(10)23-11/h3-7H,1-2H3,(H,17,19). The average molecular weight is 360 g/mol. The first kappa shape index (κ1) is 14.6. The van der Waals surface area contributed by atoms with Crippen molar-refractivity contribution in [2.24, 2.45) is 7.05 Å². The highest BCUT2D eigenvalue weighted by Crippen LogP contribution is 2.39. The monoisotopic (exact) mass is 360 g/mol. The highest BCUT2D eigenvalue weighted by molar-refractivity contribution is 7.23. The summed E-state index contributed by atoms with van der Waals surface area (Å²) < 4.78 is 2.48. The van der Waals surface area contributed by atoms with Crippen molar-refractivity contribution in [3.63, 3.8) is 0 Å². The average Bonchev–Trinajstić information content (AvgIpc) is 3.28. The van der Waals surface area contributed by atoms with Crippen LogP contribution in [0.5, 0.6) is 0 Å². The van der Waals surface area contributed by atoms with Crippen molar-refractivity contribution in [3.05, 3.63) is 44.2 Å². The maximum absolute atomic E-state index is 12.4. The number of thiophene rings is 3. The summed E-state index contributed by atoms with van der Waals surface area (Å²) in [5, 5.41) is 8.61. The van der Waals surface area contributed by atoms with E-state index in [1.165, 1.54) is 22.7 Å². The zero-order chi connectivity index (χ0) is 16.1. The van der Waals surface area contributed by atoms with Crippen molar-refractivity contribution in [2.75, 3.05) is 7.05 Å². The molecular formula is C16H12N2O2S3. The van der Waals surface area contributed by atoms with Gasteiger partial charge < -0.3 is 9.88 Å². The maximum atomic E-state index is 12.4. The van der Waals surface area contributed by atoms with Gasteiger partial charge in [0.1, 0.15) is 14.4 Å². The third kappa shape index (κ3) is 2.08. The lowest BCUT2D eigenvalue weighted by Crippen LogP contribution is -2.16. The van der Waals surface area contributed by atoms with Crippen molar-refractivity contribution < 1.29 is 4.79 Å². The molecule has 0 fully saturated rings. The molecule has 0 saturated heterocycles. The Morgan fingerprint density at radius 3 is 2.74 bits per heavy atom. The van der Waals surface area contributed by atoms with Crippen LogP contribution in [-0.2, 0) is 7.05 Å². The summed E-state index contributed by atoms with van der Waals surface area (Å²) in [5.41, 5.74) is 0.958. The van der Waals surface area contributed by atoms with Gasteiger partial charge in [-0.15, -0.1) is 34.0 Å². The molecule has 4 heterocycles. The van der Waals surface area contributed by atoms with Crippen LogP contribution in [0.25, 0.3) is 30.7 Å². The summed E-state index contributed by atoms with van der Waals surface area (Å²) in [6, 6.07) is 6.04. The number of carbonyl (C=O) groups is 1. The van der Waals surface area contributed by atoms with Crippen LogP contribution in [0.15, 0.2) is 33.8 Å². The molecule has 4 nitrogen and oxygen atoms in total. The van der Waals surface area contributed by atoms with Crippen LogP contribution in [0.2, 0.25) is 0 Å². The van der Waals surface area contributed by atoms with Gasteiger partial charge in [0.05, 0.1) is 0 Å². The molecule has 0 radical (unpaired) electrons. The van der Waals surface area contributed by atoms with Crippen LogP contribution in [0.1, 0.15) is 9.67 Å². The zero-order valence-electron chi connectivity index (χ0n) is 12.4. The first-order valence-corrected chi connectivity index (χ1v) is 9.49. The molecule has 0 atom stereocenters. The number of carbonyl (C=O) groups excluding carboxylic acids is 1. The minimum atomic E-state index is -0.0815. The van der Waals surface area contributed by atoms with Gasteiger partial charge in [-0.25, -0.2) is 0 Å². The Balaban J connectivity index is 2.04. The number of nitrogens with one attached hydrogen (secondary N) is 1. The quantitative estimate of drug-likeness (QED) is 0.589. The van der Waals surface area contributed by atoms with Gasteiger partial charge in [-0.3, -0.25) is 9.59 Å². The number of hydrogen-bond acceptors (Lipinski definition) is 5. The number of aryl methyl sites for hydroxylation is 1. The highest BCUT2D eigenvalue weighted by Gasteiger charge is 2.18. The number of hydrogen-bond donors (Lipinski definition) is 1. The van der Waals surface area contributed by atoms with E-state index in [-0.39, 0.29) is 11.5 Å². The smallest absolute Gasteiger partial charge is 0.269 e. The van der Waals surface area contributed by atoms with Gasteiger partial charge >= 0.3 is 0 Å². The van der Waals surface area contributed by atoms with Crippen LogP contribution < -0.4 is 10.9 Å². The van der Waals surface area contributed by atoms with E-state index in [1.807, 2.05) is 22.9 Å². The van der Waals surface area contributed by atoms with Gasteiger partial charge in [0.2, 0.25) is 0 Å². The third-order valence-corrected chi connectivity index (χ3v) is 6.90. The Morgan fingerprint density at radius 2 is 1.96 bits per heavy atom. The lowest BCUT2D eigenvalue weighted by atomic mass is 10.1. The molecule has 4 aromatic heterocycles. The van der Waals surface area contributed by atoms with Crippen molar-refractivity contribution in [2.45, 2.75) is 0 Å². The summed E-state index contributed by atoms with van der Waals surface area (Å²) >= 11 is 4.45.